The number of carbonyl (C=O) groups excluding carboxylic acids is 1. The summed E-state index contributed by atoms with van der Waals surface area (Å²) in [5.74, 6) is -0.237. The number of ether oxygens (including phenoxy) is 1. The molecule has 0 heterocycles. The highest BCUT2D eigenvalue weighted by molar-refractivity contribution is 9.11. The van der Waals surface area contributed by atoms with Crippen molar-refractivity contribution in [3.8, 4) is 0 Å². The second kappa shape index (κ2) is 3.22. The van der Waals surface area contributed by atoms with Crippen LogP contribution in [0.15, 0.2) is 21.7 Å². The molecule has 0 unspecified atom stereocenters. The Kier molecular flexibility index (Phi) is 2.49. The minimum absolute atomic E-state index is 0.237. The molecule has 0 aromatic heterocycles. The average Bonchev–Trinajstić information content (AvgIpc) is 2.31. The van der Waals surface area contributed by atoms with Crippen molar-refractivity contribution in [3.05, 3.63) is 21.7 Å². The van der Waals surface area contributed by atoms with Gasteiger partial charge in [0, 0.05) is 16.5 Å². The fourth-order valence-electron chi connectivity index (χ4n) is 0.960. The summed E-state index contributed by atoms with van der Waals surface area (Å²) in [4.78, 5) is 11.0. The summed E-state index contributed by atoms with van der Waals surface area (Å²) in [7, 11) is 1.39. The smallest absolute Gasteiger partial charge is 0.334 e. The van der Waals surface area contributed by atoms with Crippen molar-refractivity contribution in [3.63, 3.8) is 0 Å². The Morgan fingerprint density at radius 2 is 2.36 bits per heavy atom. The van der Waals surface area contributed by atoms with Crippen LogP contribution in [0.2, 0.25) is 0 Å². The van der Waals surface area contributed by atoms with E-state index in [9.17, 15) is 4.79 Å². The van der Waals surface area contributed by atoms with Crippen molar-refractivity contribution in [2.75, 3.05) is 7.11 Å². The minimum atomic E-state index is -0.237. The monoisotopic (exact) mass is 216 g/mol. The van der Waals surface area contributed by atoms with Gasteiger partial charge in [-0.25, -0.2) is 4.79 Å². The standard InChI is InChI=1S/C8H9BrO2/c1-5-3-6(4-7(5)9)8(10)11-2/h3H,4H2,1-2H3. The molecular formula is C8H9BrO2. The molecule has 0 bridgehead atoms. The summed E-state index contributed by atoms with van der Waals surface area (Å²) in [6.07, 6.45) is 2.51. The number of hydrogen-bond donors (Lipinski definition) is 0. The molecule has 2 nitrogen and oxygen atoms in total. The van der Waals surface area contributed by atoms with Gasteiger partial charge in [-0.05, 0) is 18.6 Å². The summed E-state index contributed by atoms with van der Waals surface area (Å²) in [6.45, 7) is 1.96. The van der Waals surface area contributed by atoms with E-state index >= 15 is 0 Å². The first-order chi connectivity index (χ1) is 5.15. The number of rotatable bonds is 1. The van der Waals surface area contributed by atoms with Gasteiger partial charge in [-0.1, -0.05) is 15.9 Å². The number of esters is 1. The zero-order valence-corrected chi connectivity index (χ0v) is 8.06. The van der Waals surface area contributed by atoms with E-state index in [1.165, 1.54) is 7.11 Å². The lowest BCUT2D eigenvalue weighted by Gasteiger charge is -1.97. The molecular weight excluding hydrogens is 208 g/mol. The summed E-state index contributed by atoms with van der Waals surface area (Å²) >= 11 is 3.36. The van der Waals surface area contributed by atoms with Gasteiger partial charge in [-0.3, -0.25) is 0 Å². The average molecular weight is 217 g/mol. The van der Waals surface area contributed by atoms with E-state index in [-0.39, 0.29) is 5.97 Å². The van der Waals surface area contributed by atoms with Gasteiger partial charge in [0.15, 0.2) is 0 Å². The van der Waals surface area contributed by atoms with E-state index in [0.717, 1.165) is 15.6 Å². The van der Waals surface area contributed by atoms with Crippen LogP contribution in [0.3, 0.4) is 0 Å². The first-order valence-electron chi connectivity index (χ1n) is 3.29. The molecule has 0 aromatic rings. The molecule has 0 saturated carbocycles. The molecule has 0 saturated heterocycles. The maximum atomic E-state index is 11.0. The van der Waals surface area contributed by atoms with Gasteiger partial charge in [0.1, 0.15) is 0 Å². The van der Waals surface area contributed by atoms with Crippen LogP contribution < -0.4 is 0 Å². The van der Waals surface area contributed by atoms with E-state index < -0.39 is 0 Å². The predicted molar refractivity (Wildman–Crippen MR) is 46.3 cm³/mol. The first kappa shape index (κ1) is 8.53. The van der Waals surface area contributed by atoms with Crippen molar-refractivity contribution in [1.29, 1.82) is 0 Å². The molecule has 0 radical (unpaired) electrons. The lowest BCUT2D eigenvalue weighted by Crippen LogP contribution is -2.02. The Balaban J connectivity index is 2.71. The summed E-state index contributed by atoms with van der Waals surface area (Å²) < 4.78 is 5.64. The van der Waals surface area contributed by atoms with E-state index in [1.807, 2.05) is 13.0 Å². The van der Waals surface area contributed by atoms with E-state index in [0.29, 0.717) is 6.42 Å². The van der Waals surface area contributed by atoms with E-state index in [2.05, 4.69) is 20.7 Å². The molecule has 1 aliphatic carbocycles. The number of allylic oxidation sites excluding steroid dienone is 3. The summed E-state index contributed by atoms with van der Waals surface area (Å²) in [5.41, 5.74) is 1.82. The molecule has 1 aliphatic rings. The topological polar surface area (TPSA) is 26.3 Å². The van der Waals surface area contributed by atoms with Crippen molar-refractivity contribution >= 4 is 21.9 Å². The van der Waals surface area contributed by atoms with Crippen molar-refractivity contribution in [2.45, 2.75) is 13.3 Å². The molecule has 3 heteroatoms. The van der Waals surface area contributed by atoms with Crippen LogP contribution >= 0.6 is 15.9 Å². The third kappa shape index (κ3) is 1.71. The third-order valence-corrected chi connectivity index (χ3v) is 2.52. The van der Waals surface area contributed by atoms with Crippen molar-refractivity contribution in [2.24, 2.45) is 0 Å². The molecule has 0 aromatic carbocycles. The maximum Gasteiger partial charge on any atom is 0.334 e. The van der Waals surface area contributed by atoms with Crippen LogP contribution in [0.4, 0.5) is 0 Å². The number of methoxy groups -OCH3 is 1. The number of hydrogen-bond acceptors (Lipinski definition) is 2. The van der Waals surface area contributed by atoms with Gasteiger partial charge in [-0.2, -0.15) is 0 Å². The predicted octanol–water partition coefficient (Wildman–Crippen LogP) is 2.16. The molecule has 11 heavy (non-hydrogen) atoms. The van der Waals surface area contributed by atoms with Gasteiger partial charge in [0.25, 0.3) is 0 Å². The highest BCUT2D eigenvalue weighted by Crippen LogP contribution is 2.29. The zero-order chi connectivity index (χ0) is 8.43. The molecule has 1 rings (SSSR count). The Morgan fingerprint density at radius 1 is 1.73 bits per heavy atom. The molecule has 0 amide bonds. The summed E-state index contributed by atoms with van der Waals surface area (Å²) in [5, 5.41) is 0. The molecule has 0 aliphatic heterocycles. The normalized spacial score (nSPS) is 16.8. The minimum Gasteiger partial charge on any atom is -0.466 e. The molecule has 0 N–H and O–H groups in total. The lowest BCUT2D eigenvalue weighted by atomic mass is 10.2. The van der Waals surface area contributed by atoms with Crippen molar-refractivity contribution in [1.82, 2.24) is 0 Å². The second-order valence-electron chi connectivity index (χ2n) is 2.43. The Bertz CT molecular complexity index is 251. The molecule has 0 fully saturated rings. The lowest BCUT2D eigenvalue weighted by molar-refractivity contribution is -0.136. The largest absolute Gasteiger partial charge is 0.466 e. The van der Waals surface area contributed by atoms with Crippen LogP contribution in [-0.4, -0.2) is 13.1 Å². The van der Waals surface area contributed by atoms with E-state index in [4.69, 9.17) is 0 Å². The Morgan fingerprint density at radius 3 is 2.73 bits per heavy atom. The Labute approximate surface area is 74.1 Å². The van der Waals surface area contributed by atoms with E-state index in [1.54, 1.807) is 0 Å². The number of carbonyl (C=O) groups is 1. The fraction of sp³-hybridized carbons (Fsp3) is 0.375. The van der Waals surface area contributed by atoms with Gasteiger partial charge in [-0.15, -0.1) is 0 Å². The van der Waals surface area contributed by atoms with Crippen LogP contribution in [0.5, 0.6) is 0 Å². The fourth-order valence-corrected chi connectivity index (χ4v) is 1.38. The molecule has 0 atom stereocenters. The van der Waals surface area contributed by atoms with Gasteiger partial charge >= 0.3 is 5.97 Å². The molecule has 0 spiro atoms. The van der Waals surface area contributed by atoms with Crippen LogP contribution in [0.1, 0.15) is 13.3 Å². The highest BCUT2D eigenvalue weighted by atomic mass is 79.9. The highest BCUT2D eigenvalue weighted by Gasteiger charge is 2.17. The molecule has 60 valence electrons. The second-order valence-corrected chi connectivity index (χ2v) is 3.38. The SMILES string of the molecule is COC(=O)C1=CC(C)=C(Br)C1. The van der Waals surface area contributed by atoms with Crippen LogP contribution in [0.25, 0.3) is 0 Å². The number of halogens is 1. The summed E-state index contributed by atoms with van der Waals surface area (Å²) in [6, 6.07) is 0. The maximum absolute atomic E-state index is 11.0. The van der Waals surface area contributed by atoms with Crippen LogP contribution in [0, 0.1) is 0 Å². The Hall–Kier alpha value is -0.570. The third-order valence-electron chi connectivity index (χ3n) is 1.61. The zero-order valence-electron chi connectivity index (χ0n) is 6.48. The van der Waals surface area contributed by atoms with Gasteiger partial charge in [0.2, 0.25) is 0 Å². The quantitative estimate of drug-likeness (QED) is 0.629. The first-order valence-corrected chi connectivity index (χ1v) is 4.08. The van der Waals surface area contributed by atoms with Gasteiger partial charge < -0.3 is 4.74 Å². The van der Waals surface area contributed by atoms with Crippen molar-refractivity contribution < 1.29 is 9.53 Å². The van der Waals surface area contributed by atoms with Gasteiger partial charge in [0.05, 0.1) is 7.11 Å². The van der Waals surface area contributed by atoms with Crippen LogP contribution in [-0.2, 0) is 9.53 Å².